The Morgan fingerprint density at radius 3 is 2.14 bits per heavy atom. The Morgan fingerprint density at radius 2 is 1.54 bits per heavy atom. The minimum Gasteiger partial charge on any atom is -0.394 e. The molecule has 1 aromatic heterocycles. The average Bonchev–Trinajstić information content (AvgIpc) is 3.06. The Kier molecular flexibility index (Phi) is 10.5. The Balaban J connectivity index is 0.00000481. The predicted octanol–water partition coefficient (Wildman–Crippen LogP) is -4.42. The number of phosphoric ester groups is 2. The molecule has 7 unspecified atom stereocenters. The number of quaternary nitrogens is 1. The maximum atomic E-state index is 12.2. The number of aromatic amines is 1. The fourth-order valence-corrected chi connectivity index (χ4v) is 5.51. The molecule has 0 aromatic carbocycles. The van der Waals surface area contributed by atoms with Crippen LogP contribution in [-0.4, -0.2) is 112 Å². The Labute approximate surface area is 206 Å². The zero-order chi connectivity index (χ0) is 27.0. The van der Waals surface area contributed by atoms with Crippen LogP contribution in [0.15, 0.2) is 21.9 Å². The van der Waals surface area contributed by atoms with Gasteiger partial charge in [-0.15, -0.1) is 0 Å². The summed E-state index contributed by atoms with van der Waals surface area (Å²) in [6.07, 6.45) is -15.4. The van der Waals surface area contributed by atoms with Crippen LogP contribution in [0.1, 0.15) is 6.23 Å². The second-order valence-corrected chi connectivity index (χ2v) is 10.7. The largest absolute Gasteiger partial charge is 0.483 e. The van der Waals surface area contributed by atoms with E-state index in [1.54, 1.807) is 0 Å². The van der Waals surface area contributed by atoms with Gasteiger partial charge in [0.05, 0.1) is 13.2 Å². The summed E-state index contributed by atoms with van der Waals surface area (Å²) in [4.78, 5) is 44.5. The van der Waals surface area contributed by atoms with Crippen LogP contribution in [0.4, 0.5) is 0 Å². The van der Waals surface area contributed by atoms with Gasteiger partial charge in [-0.2, -0.15) is 4.31 Å². The molecule has 3 rings (SSSR count). The highest BCUT2D eigenvalue weighted by atomic mass is 31.3. The van der Waals surface area contributed by atoms with Crippen LogP contribution >= 0.6 is 15.6 Å². The number of aromatic nitrogens is 2. The van der Waals surface area contributed by atoms with Crippen molar-refractivity contribution in [1.82, 2.24) is 15.7 Å². The Bertz CT molecular complexity index is 1130. The summed E-state index contributed by atoms with van der Waals surface area (Å²) in [5.41, 5.74) is -1.75. The molecule has 22 heteroatoms. The molecule has 2 saturated heterocycles. The van der Waals surface area contributed by atoms with Gasteiger partial charge < -0.3 is 56.1 Å². The Hall–Kier alpha value is -1.42. The third-order valence-corrected chi connectivity index (χ3v) is 7.76. The molecule has 2 aliphatic heterocycles. The van der Waals surface area contributed by atoms with Gasteiger partial charge in [-0.1, -0.05) is 0 Å². The Morgan fingerprint density at radius 1 is 0.919 bits per heavy atom. The van der Waals surface area contributed by atoms with Gasteiger partial charge in [0.25, 0.3) is 5.56 Å². The van der Waals surface area contributed by atoms with Crippen LogP contribution in [-0.2, 0) is 32.0 Å². The molecule has 0 amide bonds. The molecule has 3 heterocycles. The minimum absolute atomic E-state index is 0. The number of phosphoric acid groups is 2. The van der Waals surface area contributed by atoms with Gasteiger partial charge in [0.2, 0.25) is 0 Å². The van der Waals surface area contributed by atoms with E-state index in [-0.39, 0.29) is 6.15 Å². The van der Waals surface area contributed by atoms with Gasteiger partial charge in [-0.05, 0) is 0 Å². The minimum atomic E-state index is -5.59. The lowest BCUT2D eigenvalue weighted by molar-refractivity contribution is -0.280. The van der Waals surface area contributed by atoms with Crippen LogP contribution in [0.2, 0.25) is 0 Å². The molecule has 0 saturated carbocycles. The van der Waals surface area contributed by atoms with E-state index in [2.05, 4.69) is 13.4 Å². The molecular weight excluding hydrogens is 556 g/mol. The van der Waals surface area contributed by atoms with Gasteiger partial charge in [0.1, 0.15) is 42.7 Å². The van der Waals surface area contributed by atoms with Crippen molar-refractivity contribution >= 4 is 15.6 Å². The van der Waals surface area contributed by atoms with E-state index in [0.717, 1.165) is 16.8 Å². The number of nitrogens with zero attached hydrogens (tertiary/aromatic N) is 1. The number of H-pyrrole nitrogens is 1. The van der Waals surface area contributed by atoms with E-state index in [9.17, 15) is 54.0 Å². The molecule has 0 radical (unpaired) electrons. The van der Waals surface area contributed by atoms with Gasteiger partial charge in [0.15, 0.2) is 12.5 Å². The SMILES string of the molecule is O=c1ccn([C@@H]2O[C@H](COP(=O)(O)OP(=O)(O)OC3OC(CO)C(O)C(O)C3O)[C@@H](O)[C@H]2O)c(=O)[nH]1.[NH4+]. The second kappa shape index (κ2) is 12.2. The highest BCUT2D eigenvalue weighted by molar-refractivity contribution is 7.61. The van der Waals surface area contributed by atoms with E-state index in [4.69, 9.17) is 14.6 Å². The first-order valence-corrected chi connectivity index (χ1v) is 13.0. The van der Waals surface area contributed by atoms with Crippen LogP contribution < -0.4 is 17.4 Å². The summed E-state index contributed by atoms with van der Waals surface area (Å²) in [7, 11) is -11.1. The number of rotatable bonds is 9. The fourth-order valence-electron chi connectivity index (χ4n) is 3.35. The van der Waals surface area contributed by atoms with Gasteiger partial charge in [-0.3, -0.25) is 23.4 Å². The smallest absolute Gasteiger partial charge is 0.394 e. The molecule has 2 aliphatic rings. The topological polar surface area (TPSA) is 333 Å². The van der Waals surface area contributed by atoms with Crippen molar-refractivity contribution in [3.8, 4) is 0 Å². The number of hydrogen-bond acceptors (Lipinski definition) is 15. The first-order chi connectivity index (χ1) is 16.7. The summed E-state index contributed by atoms with van der Waals surface area (Å²) < 4.78 is 48.1. The van der Waals surface area contributed by atoms with Gasteiger partial charge >= 0.3 is 21.3 Å². The number of aliphatic hydroxyl groups excluding tert-OH is 6. The lowest BCUT2D eigenvalue weighted by Crippen LogP contribution is -2.58. The molecule has 20 nitrogen and oxygen atoms in total. The quantitative estimate of drug-likeness (QED) is 0.122. The monoisotopic (exact) mass is 584 g/mol. The normalized spacial score (nSPS) is 37.4. The van der Waals surface area contributed by atoms with Crippen LogP contribution in [0, 0.1) is 0 Å². The average molecular weight is 584 g/mol. The maximum Gasteiger partial charge on any atom is 0.483 e. The first-order valence-electron chi connectivity index (χ1n) is 9.99. The third-order valence-electron chi connectivity index (χ3n) is 5.16. The summed E-state index contributed by atoms with van der Waals surface area (Å²) in [5, 5.41) is 58.6. The summed E-state index contributed by atoms with van der Waals surface area (Å²) >= 11 is 0. The van der Waals surface area contributed by atoms with E-state index < -0.39 is 95.4 Å². The van der Waals surface area contributed by atoms with E-state index >= 15 is 0 Å². The zero-order valence-electron chi connectivity index (χ0n) is 18.9. The molecule has 0 spiro atoms. The van der Waals surface area contributed by atoms with Crippen molar-refractivity contribution in [1.29, 1.82) is 0 Å². The maximum absolute atomic E-state index is 12.2. The van der Waals surface area contributed by atoms with Crippen molar-refractivity contribution in [3.05, 3.63) is 33.1 Å². The standard InChI is InChI=1S/C15H24N2O17P2.H3N/c18-3-5-8(20)10(22)12(24)14(32-5)33-36(28,29)34-35(26,27)30-4-6-9(21)11(23)13(31-6)17-2-1-7(19)16-15(17)25;/h1-2,5-6,8-14,18,20-24H,3-4H2,(H,26,27)(H,28,29)(H,16,19,25);1H3/p+1/t5?,6-,8?,9-,10?,11-,12?,13-,14?;/m1./s1. The number of aliphatic hydroxyl groups is 6. The highest BCUT2D eigenvalue weighted by Gasteiger charge is 2.49. The van der Waals surface area contributed by atoms with E-state index in [1.165, 1.54) is 0 Å². The lowest BCUT2D eigenvalue weighted by Gasteiger charge is -2.39. The first kappa shape index (κ1) is 31.8. The molecule has 2 fully saturated rings. The molecule has 0 bridgehead atoms. The van der Waals surface area contributed by atoms with Crippen LogP contribution in [0.3, 0.4) is 0 Å². The van der Waals surface area contributed by atoms with Crippen molar-refractivity contribution in [2.45, 2.75) is 55.2 Å². The molecular formula is C15H28N3O17P2+. The summed E-state index contributed by atoms with van der Waals surface area (Å²) in [6.45, 7) is -1.93. The van der Waals surface area contributed by atoms with Crippen molar-refractivity contribution in [2.75, 3.05) is 13.2 Å². The molecule has 37 heavy (non-hydrogen) atoms. The lowest BCUT2D eigenvalue weighted by atomic mass is 10.00. The third kappa shape index (κ3) is 7.37. The summed E-state index contributed by atoms with van der Waals surface area (Å²) in [5.74, 6) is 0. The van der Waals surface area contributed by atoms with Crippen molar-refractivity contribution in [2.24, 2.45) is 0 Å². The fraction of sp³-hybridized carbons (Fsp3) is 0.733. The van der Waals surface area contributed by atoms with E-state index in [0.29, 0.717) is 0 Å². The van der Waals surface area contributed by atoms with Crippen LogP contribution in [0.5, 0.6) is 0 Å². The van der Waals surface area contributed by atoms with Crippen molar-refractivity contribution in [3.63, 3.8) is 0 Å². The van der Waals surface area contributed by atoms with Crippen molar-refractivity contribution < 1.29 is 72.4 Å². The molecule has 0 aliphatic carbocycles. The second-order valence-electron chi connectivity index (χ2n) is 7.68. The number of hydrogen-bond donors (Lipinski definition) is 10. The van der Waals surface area contributed by atoms with Gasteiger partial charge in [-0.25, -0.2) is 13.9 Å². The summed E-state index contributed by atoms with van der Waals surface area (Å²) in [6, 6.07) is 0.928. The van der Waals surface area contributed by atoms with E-state index in [1.807, 2.05) is 4.98 Å². The molecule has 13 N–H and O–H groups in total. The molecule has 214 valence electrons. The predicted molar refractivity (Wildman–Crippen MR) is 115 cm³/mol. The zero-order valence-corrected chi connectivity index (χ0v) is 20.6. The molecule has 11 atom stereocenters. The van der Waals surface area contributed by atoms with Crippen LogP contribution in [0.25, 0.3) is 0 Å². The number of nitrogens with one attached hydrogen (secondary N) is 1. The van der Waals surface area contributed by atoms with Gasteiger partial charge in [0, 0.05) is 12.3 Å². The number of ether oxygens (including phenoxy) is 2. The molecule has 1 aromatic rings. The highest BCUT2D eigenvalue weighted by Crippen LogP contribution is 2.61.